The third-order valence-electron chi connectivity index (χ3n) is 14.2. The highest BCUT2D eigenvalue weighted by Gasteiger charge is 2.58. The Balaban J connectivity index is 1.08. The Morgan fingerprint density at radius 2 is 0.625 bits per heavy atom. The van der Waals surface area contributed by atoms with E-state index in [9.17, 15) is 9.90 Å². The highest BCUT2D eigenvalue weighted by atomic mass is 16.7. The van der Waals surface area contributed by atoms with Crippen molar-refractivity contribution in [1.82, 2.24) is 0 Å². The first-order valence-corrected chi connectivity index (χ1v) is 27.3. The van der Waals surface area contributed by atoms with E-state index >= 15 is 0 Å². The molecule has 8 aromatic rings. The molecule has 80 heavy (non-hydrogen) atoms. The number of hydrogen-bond acceptors (Lipinski definition) is 12. The molecule has 12 nitrogen and oxygen atoms in total. The minimum Gasteiger partial charge on any atom is -0.450 e. The first-order valence-electron chi connectivity index (χ1n) is 27.3. The van der Waals surface area contributed by atoms with Gasteiger partial charge in [0.05, 0.1) is 58.4 Å². The molecule has 8 aromatic carbocycles. The van der Waals surface area contributed by atoms with Crippen LogP contribution in [0.2, 0.25) is 0 Å². The molecule has 1 heterocycles. The van der Waals surface area contributed by atoms with Gasteiger partial charge in [0.15, 0.2) is 12.4 Å². The van der Waals surface area contributed by atoms with Crippen molar-refractivity contribution in [2.24, 2.45) is 0 Å². The molecule has 10 rings (SSSR count). The average Bonchev–Trinajstić information content (AvgIpc) is 3.68. The summed E-state index contributed by atoms with van der Waals surface area (Å²) in [6, 6.07) is 77.3. The van der Waals surface area contributed by atoms with Crippen LogP contribution < -0.4 is 0 Å². The van der Waals surface area contributed by atoms with Crippen molar-refractivity contribution < 1.29 is 57.3 Å². The van der Waals surface area contributed by atoms with Crippen molar-refractivity contribution in [2.45, 2.75) is 114 Å². The lowest BCUT2D eigenvalue weighted by Crippen LogP contribution is -2.69. The number of hydrogen-bond donors (Lipinski definition) is 1. The van der Waals surface area contributed by atoms with Gasteiger partial charge in [0, 0.05) is 0 Å². The molecule has 1 N–H and O–H groups in total. The summed E-state index contributed by atoms with van der Waals surface area (Å²) >= 11 is 0. The lowest BCUT2D eigenvalue weighted by atomic mass is 9.83. The number of aliphatic hydroxyl groups is 1. The third-order valence-corrected chi connectivity index (χ3v) is 14.2. The van der Waals surface area contributed by atoms with Crippen molar-refractivity contribution >= 4 is 5.97 Å². The van der Waals surface area contributed by atoms with Crippen LogP contribution in [0.3, 0.4) is 0 Å². The van der Waals surface area contributed by atoms with Gasteiger partial charge in [-0.25, -0.2) is 4.79 Å². The molecule has 1 saturated heterocycles. The minimum absolute atomic E-state index is 0.0148. The summed E-state index contributed by atoms with van der Waals surface area (Å²) in [7, 11) is 0. The van der Waals surface area contributed by atoms with E-state index in [0.29, 0.717) is 5.56 Å². The van der Waals surface area contributed by atoms with Crippen LogP contribution in [0.25, 0.3) is 0 Å². The number of carbonyl (C=O) groups excluding carboxylic acids is 1. The fourth-order valence-corrected chi connectivity index (χ4v) is 10.1. The lowest BCUT2D eigenvalue weighted by molar-refractivity contribution is -0.356. The zero-order valence-corrected chi connectivity index (χ0v) is 44.5. The normalized spacial score (nSPS) is 23.7. The number of aliphatic hydroxyl groups excluding tert-OH is 1. The molecule has 0 unspecified atom stereocenters. The highest BCUT2D eigenvalue weighted by molar-refractivity contribution is 5.89. The molecule has 11 atom stereocenters. The van der Waals surface area contributed by atoms with Crippen LogP contribution in [0.1, 0.15) is 49.3 Å². The Labute approximate surface area is 468 Å². The molecule has 0 amide bonds. The smallest absolute Gasteiger partial charge is 0.338 e. The van der Waals surface area contributed by atoms with Crippen molar-refractivity contribution in [1.29, 1.82) is 0 Å². The van der Waals surface area contributed by atoms with Crippen molar-refractivity contribution in [3.8, 4) is 0 Å². The predicted molar refractivity (Wildman–Crippen MR) is 301 cm³/mol. The second-order valence-corrected chi connectivity index (χ2v) is 19.9. The molecule has 1 saturated carbocycles. The maximum absolute atomic E-state index is 14.6. The van der Waals surface area contributed by atoms with Gasteiger partial charge in [-0.3, -0.25) is 0 Å². The third kappa shape index (κ3) is 15.6. The maximum Gasteiger partial charge on any atom is 0.338 e. The van der Waals surface area contributed by atoms with E-state index in [1.54, 1.807) is 24.3 Å². The number of rotatable bonds is 26. The van der Waals surface area contributed by atoms with Gasteiger partial charge in [-0.15, -0.1) is 0 Å². The molecule has 2 aliphatic rings. The van der Waals surface area contributed by atoms with Crippen LogP contribution in [0.4, 0.5) is 0 Å². The number of ether oxygens (including phenoxy) is 10. The Morgan fingerprint density at radius 1 is 0.338 bits per heavy atom. The molecule has 0 radical (unpaired) electrons. The second-order valence-electron chi connectivity index (χ2n) is 19.9. The van der Waals surface area contributed by atoms with Crippen molar-refractivity contribution in [2.75, 3.05) is 6.61 Å². The summed E-state index contributed by atoms with van der Waals surface area (Å²) in [5.74, 6) is -0.648. The molecule has 0 spiro atoms. The van der Waals surface area contributed by atoms with Gasteiger partial charge >= 0.3 is 5.97 Å². The van der Waals surface area contributed by atoms with Gasteiger partial charge in [-0.05, 0) is 51.1 Å². The minimum atomic E-state index is -1.46. The first kappa shape index (κ1) is 56.1. The van der Waals surface area contributed by atoms with E-state index in [1.165, 1.54) is 0 Å². The Morgan fingerprint density at radius 3 is 1.00 bits per heavy atom. The quantitative estimate of drug-likeness (QED) is 0.0518. The van der Waals surface area contributed by atoms with Crippen LogP contribution in [-0.4, -0.2) is 85.0 Å². The van der Waals surface area contributed by atoms with Crippen LogP contribution in [-0.2, 0) is 93.6 Å². The summed E-state index contributed by atoms with van der Waals surface area (Å²) in [5, 5.41) is 13.3. The summed E-state index contributed by atoms with van der Waals surface area (Å²) in [6.45, 7) is 1.12. The summed E-state index contributed by atoms with van der Waals surface area (Å²) in [4.78, 5) is 14.6. The lowest BCUT2D eigenvalue weighted by Gasteiger charge is -2.51. The van der Waals surface area contributed by atoms with Crippen LogP contribution in [0.15, 0.2) is 243 Å². The Kier molecular flexibility index (Phi) is 20.6. The number of esters is 1. The van der Waals surface area contributed by atoms with Crippen LogP contribution in [0, 0.1) is 0 Å². The number of carbonyl (C=O) groups is 1. The standard InChI is InChI=1S/C68H68O12/c69-58-60(73-43-51-29-13-3-14-30-51)63(75-45-53-33-17-5-18-34-53)65(77-47-55-37-21-7-22-38-55)64(76-46-54-35-19-6-20-36-54)61(58)80-68-66(79-67(70)56-39-23-8-24-40-56)62(74-44-52-31-15-4-16-32-52)59(72-42-50-27-11-2-12-28-50)57(78-68)48-71-41-49-25-9-1-10-26-49/h1-40,57-66,68-69H,41-48H2/t57-,58-,59-,60+,61-,62+,63-,64+,65+,66+,68-/m1/s1. The molecule has 0 aromatic heterocycles. The van der Waals surface area contributed by atoms with Gasteiger partial charge in [-0.2, -0.15) is 0 Å². The molecule has 2 fully saturated rings. The monoisotopic (exact) mass is 1080 g/mol. The molecular weight excluding hydrogens is 1010 g/mol. The van der Waals surface area contributed by atoms with Gasteiger partial charge in [-0.1, -0.05) is 231 Å². The van der Waals surface area contributed by atoms with Crippen molar-refractivity contribution in [3.63, 3.8) is 0 Å². The van der Waals surface area contributed by atoms with E-state index in [4.69, 9.17) is 47.4 Å². The highest BCUT2D eigenvalue weighted by Crippen LogP contribution is 2.39. The summed E-state index contributed by atoms with van der Waals surface area (Å²) in [6.07, 6.45) is -12.4. The average molecular weight is 1080 g/mol. The topological polar surface area (TPSA) is 130 Å². The fraction of sp³-hybridized carbons (Fsp3) is 0.279. The molecule has 12 heteroatoms. The van der Waals surface area contributed by atoms with Gasteiger partial charge in [0.1, 0.15) is 54.9 Å². The zero-order valence-electron chi connectivity index (χ0n) is 44.5. The molecular formula is C68H68O12. The molecule has 1 aliphatic heterocycles. The van der Waals surface area contributed by atoms with Gasteiger partial charge in [0.25, 0.3) is 0 Å². The van der Waals surface area contributed by atoms with Gasteiger partial charge in [0.2, 0.25) is 0 Å². The second kappa shape index (κ2) is 29.3. The van der Waals surface area contributed by atoms with E-state index in [2.05, 4.69) is 0 Å². The molecule has 1 aliphatic carbocycles. The molecule has 412 valence electrons. The van der Waals surface area contributed by atoms with E-state index < -0.39 is 73.3 Å². The first-order chi connectivity index (χ1) is 39.5. The SMILES string of the molecule is O=C(O[C@@H]1[C@@H](O[C@@H]2[C@H](O)[C@H](OCc3ccccc3)[C@@H](OCc3ccccc3)[C@H](OCc3ccccc3)[C@H]2OCc2ccccc2)O[C@H](COCc2ccccc2)[C@@H](OCc2ccccc2)[C@@H]1OCc1ccccc1)c1ccccc1. The zero-order chi connectivity index (χ0) is 54.6. The summed E-state index contributed by atoms with van der Waals surface area (Å²) in [5.41, 5.74) is 6.61. The largest absolute Gasteiger partial charge is 0.450 e. The van der Waals surface area contributed by atoms with Crippen LogP contribution in [0.5, 0.6) is 0 Å². The maximum atomic E-state index is 14.6. The van der Waals surface area contributed by atoms with E-state index in [0.717, 1.165) is 38.9 Å². The Hall–Kier alpha value is -7.17. The predicted octanol–water partition coefficient (Wildman–Crippen LogP) is 11.4. The van der Waals surface area contributed by atoms with Crippen molar-refractivity contribution in [3.05, 3.63) is 287 Å². The van der Waals surface area contributed by atoms with E-state index in [1.807, 2.05) is 218 Å². The molecule has 0 bridgehead atoms. The number of benzene rings is 8. The fourth-order valence-electron chi connectivity index (χ4n) is 10.1. The van der Waals surface area contributed by atoms with E-state index in [-0.39, 0.29) is 52.9 Å². The summed E-state index contributed by atoms with van der Waals surface area (Å²) < 4.78 is 69.6. The van der Waals surface area contributed by atoms with Crippen LogP contribution >= 0.6 is 0 Å². The van der Waals surface area contributed by atoms with Gasteiger partial charge < -0.3 is 52.5 Å². The Bertz CT molecular complexity index is 3000.